The monoisotopic (exact) mass is 418 g/mol. The number of allylic oxidation sites excluding steroid dienone is 2. The molecule has 0 spiro atoms. The van der Waals surface area contributed by atoms with Gasteiger partial charge in [0.15, 0.2) is 0 Å². The molecule has 0 N–H and O–H groups in total. The SMILES string of the molecule is C=C1C=CC(N2CCC(N(C)C)CC2)=CN1C(=O)C=Cc1cc2c(C)nc(C)cn2n1. The van der Waals surface area contributed by atoms with Crippen molar-refractivity contribution in [3.8, 4) is 0 Å². The maximum atomic E-state index is 12.9. The van der Waals surface area contributed by atoms with Gasteiger partial charge in [-0.3, -0.25) is 14.7 Å². The summed E-state index contributed by atoms with van der Waals surface area (Å²) < 4.78 is 1.81. The van der Waals surface area contributed by atoms with Crippen LogP contribution in [0, 0.1) is 13.8 Å². The first-order valence-electron chi connectivity index (χ1n) is 10.7. The van der Waals surface area contributed by atoms with Crippen LogP contribution in [0.1, 0.15) is 29.9 Å². The summed E-state index contributed by atoms with van der Waals surface area (Å²) in [5.41, 5.74) is 5.19. The first-order chi connectivity index (χ1) is 14.8. The van der Waals surface area contributed by atoms with E-state index in [1.54, 1.807) is 21.6 Å². The number of nitrogens with zero attached hydrogens (tertiary/aromatic N) is 6. The van der Waals surface area contributed by atoms with E-state index in [9.17, 15) is 4.79 Å². The van der Waals surface area contributed by atoms with Gasteiger partial charge in [-0.15, -0.1) is 0 Å². The minimum Gasteiger partial charge on any atom is -0.370 e. The third-order valence-corrected chi connectivity index (χ3v) is 5.99. The molecule has 1 fully saturated rings. The maximum absolute atomic E-state index is 12.9. The summed E-state index contributed by atoms with van der Waals surface area (Å²) >= 11 is 0. The molecule has 1 saturated heterocycles. The summed E-state index contributed by atoms with van der Waals surface area (Å²) in [7, 11) is 4.28. The van der Waals surface area contributed by atoms with Gasteiger partial charge in [-0.2, -0.15) is 5.10 Å². The van der Waals surface area contributed by atoms with Crippen LogP contribution >= 0.6 is 0 Å². The van der Waals surface area contributed by atoms with Gasteiger partial charge in [0, 0.05) is 37.1 Å². The number of carbonyl (C=O) groups is 1. The second-order valence-electron chi connectivity index (χ2n) is 8.47. The molecule has 0 aliphatic carbocycles. The van der Waals surface area contributed by atoms with Crippen molar-refractivity contribution in [2.45, 2.75) is 32.7 Å². The molecule has 2 aromatic rings. The summed E-state index contributed by atoms with van der Waals surface area (Å²) in [5.74, 6) is -0.141. The summed E-state index contributed by atoms with van der Waals surface area (Å²) in [5, 5.41) is 4.54. The van der Waals surface area contributed by atoms with Gasteiger partial charge in [-0.05, 0) is 65.1 Å². The molecule has 162 valence electrons. The van der Waals surface area contributed by atoms with Crippen LogP contribution < -0.4 is 0 Å². The van der Waals surface area contributed by atoms with E-state index in [4.69, 9.17) is 0 Å². The fourth-order valence-electron chi connectivity index (χ4n) is 4.18. The van der Waals surface area contributed by atoms with E-state index in [1.165, 1.54) is 0 Å². The number of rotatable bonds is 4. The number of aromatic nitrogens is 3. The molecule has 1 amide bonds. The Labute approximate surface area is 183 Å². The molecule has 0 atom stereocenters. The summed E-state index contributed by atoms with van der Waals surface area (Å²) in [6.07, 6.45) is 13.3. The summed E-state index contributed by atoms with van der Waals surface area (Å²) in [4.78, 5) is 23.6. The highest BCUT2D eigenvalue weighted by molar-refractivity contribution is 5.94. The zero-order chi connectivity index (χ0) is 22.1. The average molecular weight is 419 g/mol. The highest BCUT2D eigenvalue weighted by atomic mass is 16.2. The molecule has 2 aromatic heterocycles. The number of carbonyl (C=O) groups excluding carboxylic acids is 1. The molecular weight excluding hydrogens is 388 g/mol. The molecule has 0 aromatic carbocycles. The number of piperidine rings is 1. The molecule has 4 rings (SSSR count). The standard InChI is InChI=1S/C24H30N6O/c1-17-15-30-23(19(3)25-17)14-20(26-30)7-9-24(31)29-16-22(8-6-18(29)2)28-12-10-21(11-13-28)27(4)5/h6-9,14-16,21H,2,10-13H2,1,3-5H3. The second kappa shape index (κ2) is 8.51. The molecule has 0 saturated carbocycles. The Hall–Kier alpha value is -3.19. The van der Waals surface area contributed by atoms with E-state index < -0.39 is 0 Å². The Morgan fingerprint density at radius 1 is 1.23 bits per heavy atom. The zero-order valence-corrected chi connectivity index (χ0v) is 18.7. The van der Waals surface area contributed by atoms with E-state index in [1.807, 2.05) is 44.5 Å². The van der Waals surface area contributed by atoms with Crippen molar-refractivity contribution >= 4 is 17.5 Å². The molecule has 7 heteroatoms. The lowest BCUT2D eigenvalue weighted by Crippen LogP contribution is -2.42. The van der Waals surface area contributed by atoms with Gasteiger partial charge < -0.3 is 9.80 Å². The maximum Gasteiger partial charge on any atom is 0.255 e. The van der Waals surface area contributed by atoms with Crippen LogP contribution in [0.4, 0.5) is 0 Å². The average Bonchev–Trinajstić information content (AvgIpc) is 3.15. The van der Waals surface area contributed by atoms with Crippen LogP contribution in [0.15, 0.2) is 54.7 Å². The first kappa shape index (κ1) is 21.1. The van der Waals surface area contributed by atoms with Crippen LogP contribution in [-0.4, -0.2) is 68.4 Å². The third-order valence-electron chi connectivity index (χ3n) is 5.99. The van der Waals surface area contributed by atoms with Crippen LogP contribution in [0.2, 0.25) is 0 Å². The van der Waals surface area contributed by atoms with Crippen molar-refractivity contribution in [2.75, 3.05) is 27.2 Å². The van der Waals surface area contributed by atoms with E-state index >= 15 is 0 Å². The largest absolute Gasteiger partial charge is 0.370 e. The Bertz CT molecular complexity index is 1100. The van der Waals surface area contributed by atoms with Gasteiger partial charge in [0.2, 0.25) is 0 Å². The van der Waals surface area contributed by atoms with Crippen LogP contribution in [0.25, 0.3) is 11.6 Å². The van der Waals surface area contributed by atoms with Crippen molar-refractivity contribution in [3.05, 3.63) is 71.7 Å². The van der Waals surface area contributed by atoms with E-state index in [2.05, 4.69) is 40.6 Å². The minimum atomic E-state index is -0.141. The Morgan fingerprint density at radius 2 is 1.97 bits per heavy atom. The number of amides is 1. The van der Waals surface area contributed by atoms with Crippen molar-refractivity contribution < 1.29 is 4.79 Å². The van der Waals surface area contributed by atoms with Crippen molar-refractivity contribution in [3.63, 3.8) is 0 Å². The van der Waals surface area contributed by atoms with Crippen LogP contribution in [0.3, 0.4) is 0 Å². The predicted molar refractivity (Wildman–Crippen MR) is 123 cm³/mol. The highest BCUT2D eigenvalue weighted by Crippen LogP contribution is 2.24. The number of hydrogen-bond acceptors (Lipinski definition) is 5. The van der Waals surface area contributed by atoms with Gasteiger partial charge in [0.1, 0.15) is 0 Å². The first-order valence-corrected chi connectivity index (χ1v) is 10.7. The lowest BCUT2D eigenvalue weighted by Gasteiger charge is -2.38. The van der Waals surface area contributed by atoms with Gasteiger partial charge in [-0.1, -0.05) is 6.58 Å². The molecule has 31 heavy (non-hydrogen) atoms. The summed E-state index contributed by atoms with van der Waals surface area (Å²) in [6, 6.07) is 2.56. The van der Waals surface area contributed by atoms with Gasteiger partial charge >= 0.3 is 0 Å². The Morgan fingerprint density at radius 3 is 2.68 bits per heavy atom. The van der Waals surface area contributed by atoms with E-state index in [-0.39, 0.29) is 5.91 Å². The number of hydrogen-bond donors (Lipinski definition) is 0. The molecule has 0 unspecified atom stereocenters. The van der Waals surface area contributed by atoms with Crippen molar-refractivity contribution in [2.24, 2.45) is 0 Å². The molecule has 0 bridgehead atoms. The van der Waals surface area contributed by atoms with Crippen molar-refractivity contribution in [1.29, 1.82) is 0 Å². The molecule has 0 radical (unpaired) electrons. The summed E-state index contributed by atoms with van der Waals surface area (Å²) in [6.45, 7) is 9.90. The smallest absolute Gasteiger partial charge is 0.255 e. The predicted octanol–water partition coefficient (Wildman–Crippen LogP) is 3.14. The lowest BCUT2D eigenvalue weighted by atomic mass is 10.0. The normalized spacial score (nSPS) is 18.0. The van der Waals surface area contributed by atoms with Crippen molar-refractivity contribution in [1.82, 2.24) is 29.3 Å². The second-order valence-corrected chi connectivity index (χ2v) is 8.47. The molecule has 2 aliphatic heterocycles. The molecule has 2 aliphatic rings. The van der Waals surface area contributed by atoms with Crippen LogP contribution in [0.5, 0.6) is 0 Å². The Balaban J connectivity index is 1.48. The number of aryl methyl sites for hydroxylation is 2. The Kier molecular flexibility index (Phi) is 5.78. The van der Waals surface area contributed by atoms with E-state index in [0.29, 0.717) is 11.7 Å². The number of likely N-dealkylation sites (tertiary alicyclic amines) is 1. The lowest BCUT2D eigenvalue weighted by molar-refractivity contribution is -0.122. The van der Waals surface area contributed by atoms with Gasteiger partial charge in [0.05, 0.1) is 34.5 Å². The topological polar surface area (TPSA) is 57.0 Å². The van der Waals surface area contributed by atoms with E-state index in [0.717, 1.165) is 54.2 Å². The molecule has 7 nitrogen and oxygen atoms in total. The molecular formula is C24H30N6O. The van der Waals surface area contributed by atoms with Crippen LogP contribution in [-0.2, 0) is 4.79 Å². The third kappa shape index (κ3) is 4.46. The van der Waals surface area contributed by atoms with Gasteiger partial charge in [-0.25, -0.2) is 4.52 Å². The fourth-order valence-corrected chi connectivity index (χ4v) is 4.18. The van der Waals surface area contributed by atoms with Gasteiger partial charge in [0.25, 0.3) is 5.91 Å². The number of fused-ring (bicyclic) bond motifs is 1. The zero-order valence-electron chi connectivity index (χ0n) is 18.7. The minimum absolute atomic E-state index is 0.141. The fraction of sp³-hybridized carbons (Fsp3) is 0.375. The molecule has 4 heterocycles. The highest BCUT2D eigenvalue weighted by Gasteiger charge is 2.24. The quantitative estimate of drug-likeness (QED) is 0.714.